The second-order valence-corrected chi connectivity index (χ2v) is 5.47. The van der Waals surface area contributed by atoms with Crippen LogP contribution >= 0.6 is 0 Å². The van der Waals surface area contributed by atoms with Gasteiger partial charge in [-0.3, -0.25) is 0 Å². The maximum Gasteiger partial charge on any atom is 0.0601 e. The molecule has 0 heterocycles. The van der Waals surface area contributed by atoms with Gasteiger partial charge in [0.05, 0.1) is 6.10 Å². The van der Waals surface area contributed by atoms with Crippen molar-refractivity contribution in [2.45, 2.75) is 50.7 Å². The van der Waals surface area contributed by atoms with Crippen molar-refractivity contribution >= 4 is 0 Å². The lowest BCUT2D eigenvalue weighted by atomic mass is 9.78. The van der Waals surface area contributed by atoms with Gasteiger partial charge in [-0.05, 0) is 50.6 Å². The number of ether oxygens (including phenoxy) is 1. The van der Waals surface area contributed by atoms with E-state index in [-0.39, 0.29) is 0 Å². The van der Waals surface area contributed by atoms with Gasteiger partial charge < -0.3 is 15.8 Å². The minimum atomic E-state index is 0.508. The molecule has 0 aromatic carbocycles. The van der Waals surface area contributed by atoms with Crippen LogP contribution in [0.15, 0.2) is 0 Å². The molecule has 0 aromatic rings. The van der Waals surface area contributed by atoms with Crippen LogP contribution in [-0.4, -0.2) is 32.3 Å². The zero-order chi connectivity index (χ0) is 11.4. The fraction of sp³-hybridized carbons (Fsp3) is 1.00. The van der Waals surface area contributed by atoms with E-state index in [2.05, 4.69) is 5.32 Å². The van der Waals surface area contributed by atoms with Crippen LogP contribution in [0.25, 0.3) is 0 Å². The zero-order valence-electron chi connectivity index (χ0n) is 10.5. The lowest BCUT2D eigenvalue weighted by Crippen LogP contribution is -2.47. The second kappa shape index (κ2) is 5.99. The Balaban J connectivity index is 1.65. The number of hydrogen-bond donors (Lipinski definition) is 2. The summed E-state index contributed by atoms with van der Waals surface area (Å²) in [6.45, 7) is 2.04. The Morgan fingerprint density at radius 2 is 1.88 bits per heavy atom. The second-order valence-electron chi connectivity index (χ2n) is 5.47. The highest BCUT2D eigenvalue weighted by atomic mass is 16.5. The molecule has 16 heavy (non-hydrogen) atoms. The molecular formula is C13H26N2O. The Hall–Kier alpha value is -0.120. The molecule has 3 N–H and O–H groups in total. The van der Waals surface area contributed by atoms with E-state index in [1.165, 1.54) is 45.1 Å². The van der Waals surface area contributed by atoms with Gasteiger partial charge in [0.25, 0.3) is 0 Å². The summed E-state index contributed by atoms with van der Waals surface area (Å²) in [5.74, 6) is 1.58. The van der Waals surface area contributed by atoms with E-state index < -0.39 is 0 Å². The van der Waals surface area contributed by atoms with Crippen molar-refractivity contribution in [3.8, 4) is 0 Å². The first-order chi connectivity index (χ1) is 7.83. The van der Waals surface area contributed by atoms with Gasteiger partial charge in [0.2, 0.25) is 0 Å². The van der Waals surface area contributed by atoms with Crippen molar-refractivity contribution in [2.24, 2.45) is 17.6 Å². The average Bonchev–Trinajstić information content (AvgIpc) is 2.28. The van der Waals surface area contributed by atoms with Crippen LogP contribution in [0.4, 0.5) is 0 Å². The number of nitrogens with one attached hydrogen (secondary N) is 1. The van der Waals surface area contributed by atoms with Crippen LogP contribution in [0.3, 0.4) is 0 Å². The van der Waals surface area contributed by atoms with Crippen LogP contribution in [0, 0.1) is 11.8 Å². The smallest absolute Gasteiger partial charge is 0.0601 e. The molecule has 2 saturated carbocycles. The van der Waals surface area contributed by atoms with Crippen molar-refractivity contribution in [3.63, 3.8) is 0 Å². The maximum atomic E-state index is 5.84. The predicted molar refractivity (Wildman–Crippen MR) is 66.3 cm³/mol. The lowest BCUT2D eigenvalue weighted by Gasteiger charge is -2.38. The molecule has 2 aliphatic carbocycles. The Labute approximate surface area is 99.1 Å². The molecule has 3 heteroatoms. The molecule has 0 bridgehead atoms. The molecule has 94 valence electrons. The van der Waals surface area contributed by atoms with Crippen molar-refractivity contribution in [1.29, 1.82) is 0 Å². The molecule has 0 amide bonds. The van der Waals surface area contributed by atoms with Crippen molar-refractivity contribution < 1.29 is 4.74 Å². The normalized spacial score (nSPS) is 39.4. The van der Waals surface area contributed by atoms with Crippen LogP contribution in [0.1, 0.15) is 38.5 Å². The van der Waals surface area contributed by atoms with Gasteiger partial charge in [-0.25, -0.2) is 0 Å². The predicted octanol–water partition coefficient (Wildman–Crippen LogP) is 1.52. The fourth-order valence-corrected chi connectivity index (χ4v) is 3.11. The van der Waals surface area contributed by atoms with Gasteiger partial charge in [-0.2, -0.15) is 0 Å². The van der Waals surface area contributed by atoms with Crippen molar-refractivity contribution in [2.75, 3.05) is 20.2 Å². The monoisotopic (exact) mass is 226 g/mol. The molecule has 3 nitrogen and oxygen atoms in total. The van der Waals surface area contributed by atoms with Gasteiger partial charge >= 0.3 is 0 Å². The van der Waals surface area contributed by atoms with E-state index in [1.807, 2.05) is 7.11 Å². The summed E-state index contributed by atoms with van der Waals surface area (Å²) >= 11 is 0. The molecule has 0 aliphatic heterocycles. The van der Waals surface area contributed by atoms with E-state index in [9.17, 15) is 0 Å². The highest BCUT2D eigenvalue weighted by Gasteiger charge is 2.30. The Morgan fingerprint density at radius 1 is 1.19 bits per heavy atom. The highest BCUT2D eigenvalue weighted by Crippen LogP contribution is 2.30. The molecular weight excluding hydrogens is 200 g/mol. The topological polar surface area (TPSA) is 47.3 Å². The summed E-state index contributed by atoms with van der Waals surface area (Å²) in [4.78, 5) is 0. The molecule has 2 rings (SSSR count). The van der Waals surface area contributed by atoms with Crippen LogP contribution in [0.5, 0.6) is 0 Å². The molecule has 2 aliphatic rings. The summed E-state index contributed by atoms with van der Waals surface area (Å²) in [5.41, 5.74) is 5.84. The van der Waals surface area contributed by atoms with E-state index in [0.29, 0.717) is 12.1 Å². The van der Waals surface area contributed by atoms with Gasteiger partial charge in [-0.1, -0.05) is 12.8 Å². The Morgan fingerprint density at radius 3 is 2.50 bits per heavy atom. The van der Waals surface area contributed by atoms with E-state index >= 15 is 0 Å². The SMILES string of the molecule is COC1CC(NCC2CCCCC2CN)C1. The minimum Gasteiger partial charge on any atom is -0.381 e. The summed E-state index contributed by atoms with van der Waals surface area (Å²) in [5, 5.41) is 3.68. The lowest BCUT2D eigenvalue weighted by molar-refractivity contribution is 0.0151. The van der Waals surface area contributed by atoms with E-state index in [1.54, 1.807) is 0 Å². The van der Waals surface area contributed by atoms with Crippen LogP contribution in [0.2, 0.25) is 0 Å². The van der Waals surface area contributed by atoms with E-state index in [0.717, 1.165) is 18.4 Å². The molecule has 2 atom stereocenters. The summed E-state index contributed by atoms with van der Waals surface area (Å²) in [7, 11) is 1.81. The molecule has 0 aromatic heterocycles. The third kappa shape index (κ3) is 2.96. The summed E-state index contributed by atoms with van der Waals surface area (Å²) in [6.07, 6.45) is 8.38. The number of hydrogen-bond acceptors (Lipinski definition) is 3. The Bertz CT molecular complexity index is 204. The van der Waals surface area contributed by atoms with E-state index in [4.69, 9.17) is 10.5 Å². The molecule has 0 radical (unpaired) electrons. The molecule has 0 spiro atoms. The highest BCUT2D eigenvalue weighted by molar-refractivity contribution is 4.87. The first-order valence-corrected chi connectivity index (χ1v) is 6.79. The largest absolute Gasteiger partial charge is 0.381 e. The van der Waals surface area contributed by atoms with Crippen LogP contribution < -0.4 is 11.1 Å². The maximum absolute atomic E-state index is 5.84. The zero-order valence-corrected chi connectivity index (χ0v) is 10.5. The van der Waals surface area contributed by atoms with Crippen molar-refractivity contribution in [1.82, 2.24) is 5.32 Å². The standard InChI is InChI=1S/C13H26N2O/c1-16-13-6-12(7-13)15-9-11-5-3-2-4-10(11)8-14/h10-13,15H,2-9,14H2,1H3. The number of methoxy groups -OCH3 is 1. The number of nitrogens with two attached hydrogens (primary N) is 1. The molecule has 2 fully saturated rings. The molecule has 2 unspecified atom stereocenters. The van der Waals surface area contributed by atoms with Gasteiger partial charge in [0.1, 0.15) is 0 Å². The third-order valence-corrected chi connectivity index (χ3v) is 4.47. The Kier molecular flexibility index (Phi) is 4.62. The third-order valence-electron chi connectivity index (χ3n) is 4.47. The average molecular weight is 226 g/mol. The fourth-order valence-electron chi connectivity index (χ4n) is 3.11. The number of rotatable bonds is 5. The first kappa shape index (κ1) is 12.3. The van der Waals surface area contributed by atoms with Crippen molar-refractivity contribution in [3.05, 3.63) is 0 Å². The first-order valence-electron chi connectivity index (χ1n) is 6.79. The van der Waals surface area contributed by atoms with Gasteiger partial charge in [0, 0.05) is 13.2 Å². The summed E-state index contributed by atoms with van der Waals surface area (Å²) in [6, 6.07) is 0.699. The van der Waals surface area contributed by atoms with Crippen LogP contribution in [-0.2, 0) is 4.74 Å². The summed E-state index contributed by atoms with van der Waals surface area (Å²) < 4.78 is 5.29. The van der Waals surface area contributed by atoms with Gasteiger partial charge in [0.15, 0.2) is 0 Å². The quantitative estimate of drug-likeness (QED) is 0.747. The molecule has 0 saturated heterocycles. The van der Waals surface area contributed by atoms with Gasteiger partial charge in [-0.15, -0.1) is 0 Å². The minimum absolute atomic E-state index is 0.508.